The molecule has 2 aromatic carbocycles. The Morgan fingerprint density at radius 2 is 1.48 bits per heavy atom. The lowest BCUT2D eigenvalue weighted by molar-refractivity contribution is -0.123. The van der Waals surface area contributed by atoms with Crippen molar-refractivity contribution in [1.82, 2.24) is 0 Å². The van der Waals surface area contributed by atoms with E-state index in [0.717, 1.165) is 19.3 Å². The molecular weight excluding hydrogens is 394 g/mol. The molecule has 0 unspecified atom stereocenters. The van der Waals surface area contributed by atoms with Crippen LogP contribution in [0.15, 0.2) is 54.6 Å². The van der Waals surface area contributed by atoms with Gasteiger partial charge in [0.2, 0.25) is 17.6 Å². The lowest BCUT2D eigenvalue weighted by Gasteiger charge is -2.20. The highest BCUT2D eigenvalue weighted by atomic mass is 16.5. The number of amides is 2. The lowest BCUT2D eigenvalue weighted by atomic mass is 9.81. The predicted octanol–water partition coefficient (Wildman–Crippen LogP) is 3.65. The van der Waals surface area contributed by atoms with Crippen LogP contribution in [0.2, 0.25) is 0 Å². The summed E-state index contributed by atoms with van der Waals surface area (Å²) in [6.07, 6.45) is 1.93. The van der Waals surface area contributed by atoms with Crippen LogP contribution >= 0.6 is 0 Å². The summed E-state index contributed by atoms with van der Waals surface area (Å²) in [5, 5.41) is 0. The maximum Gasteiger partial charge on any atom is 0.340 e. The number of nitrogens with zero attached hydrogens (tertiary/aromatic N) is 1. The van der Waals surface area contributed by atoms with Gasteiger partial charge < -0.3 is 4.74 Å². The fourth-order valence-corrected chi connectivity index (χ4v) is 5.60. The predicted molar refractivity (Wildman–Crippen MR) is 112 cm³/mol. The van der Waals surface area contributed by atoms with Gasteiger partial charge in [-0.25, -0.2) is 9.69 Å². The van der Waals surface area contributed by atoms with Crippen LogP contribution in [-0.2, 0) is 14.3 Å². The Labute approximate surface area is 180 Å². The summed E-state index contributed by atoms with van der Waals surface area (Å²) in [5.74, 6) is -1.48. The van der Waals surface area contributed by atoms with Gasteiger partial charge in [0.1, 0.15) is 0 Å². The zero-order valence-corrected chi connectivity index (χ0v) is 17.2. The molecule has 1 saturated heterocycles. The minimum atomic E-state index is -0.997. The molecule has 158 valence electrons. The van der Waals surface area contributed by atoms with Gasteiger partial charge in [0, 0.05) is 5.56 Å². The minimum absolute atomic E-state index is 0.115. The van der Waals surface area contributed by atoms with E-state index in [1.807, 2.05) is 0 Å². The summed E-state index contributed by atoms with van der Waals surface area (Å²) in [6.45, 7) is 1.52. The van der Waals surface area contributed by atoms with Crippen LogP contribution in [0.3, 0.4) is 0 Å². The average molecular weight is 417 g/mol. The van der Waals surface area contributed by atoms with Crippen LogP contribution in [0, 0.1) is 23.7 Å². The molecule has 0 radical (unpaired) electrons. The second-order valence-electron chi connectivity index (χ2n) is 8.69. The number of hydrogen-bond acceptors (Lipinski definition) is 5. The van der Waals surface area contributed by atoms with E-state index in [-0.39, 0.29) is 52.5 Å². The second-order valence-corrected chi connectivity index (χ2v) is 8.69. The molecule has 2 aromatic rings. The number of para-hydroxylation sites is 1. The first-order chi connectivity index (χ1) is 15.0. The molecule has 2 saturated carbocycles. The molecule has 1 aliphatic heterocycles. The highest BCUT2D eigenvalue weighted by molar-refractivity contribution is 6.24. The number of ketones is 1. The van der Waals surface area contributed by atoms with Gasteiger partial charge in [0.15, 0.2) is 6.10 Å². The Morgan fingerprint density at radius 1 is 0.903 bits per heavy atom. The molecule has 2 aliphatic carbocycles. The monoisotopic (exact) mass is 417 g/mol. The molecule has 2 amide bonds. The molecule has 6 heteroatoms. The first-order valence-electron chi connectivity index (χ1n) is 10.7. The summed E-state index contributed by atoms with van der Waals surface area (Å²) >= 11 is 0. The van der Waals surface area contributed by atoms with Crippen LogP contribution in [0.25, 0.3) is 0 Å². The number of carbonyl (C=O) groups excluding carboxylic acids is 4. The van der Waals surface area contributed by atoms with Crippen LogP contribution < -0.4 is 4.90 Å². The average Bonchev–Trinajstić information content (AvgIpc) is 3.47. The topological polar surface area (TPSA) is 80.8 Å². The van der Waals surface area contributed by atoms with E-state index in [9.17, 15) is 19.2 Å². The van der Waals surface area contributed by atoms with Crippen LogP contribution in [0.4, 0.5) is 5.69 Å². The van der Waals surface area contributed by atoms with Crippen molar-refractivity contribution in [2.75, 3.05) is 4.90 Å². The SMILES string of the molecule is C[C@H](OC(=O)c1ccccc1N1C(=O)[C@@H]2[C@H]3CC[C@@H](C3)[C@H]2C1=O)C(=O)c1ccccc1. The smallest absolute Gasteiger partial charge is 0.340 e. The minimum Gasteiger partial charge on any atom is -0.451 e. The van der Waals surface area contributed by atoms with Crippen molar-refractivity contribution in [2.24, 2.45) is 23.7 Å². The van der Waals surface area contributed by atoms with E-state index in [0.29, 0.717) is 5.56 Å². The van der Waals surface area contributed by atoms with E-state index in [2.05, 4.69) is 0 Å². The zero-order valence-electron chi connectivity index (χ0n) is 17.2. The van der Waals surface area contributed by atoms with Crippen molar-refractivity contribution in [2.45, 2.75) is 32.3 Å². The molecule has 0 N–H and O–H groups in total. The number of esters is 1. The van der Waals surface area contributed by atoms with E-state index in [4.69, 9.17) is 4.74 Å². The summed E-state index contributed by atoms with van der Waals surface area (Å²) < 4.78 is 5.43. The Balaban J connectivity index is 1.40. The molecule has 1 heterocycles. The number of rotatable bonds is 5. The first-order valence-corrected chi connectivity index (χ1v) is 10.7. The maximum absolute atomic E-state index is 13.2. The molecule has 0 aromatic heterocycles. The number of fused-ring (bicyclic) bond motifs is 5. The molecule has 0 spiro atoms. The second kappa shape index (κ2) is 7.45. The molecule has 2 bridgehead atoms. The molecule has 3 fully saturated rings. The van der Waals surface area contributed by atoms with E-state index in [1.54, 1.807) is 48.5 Å². The summed E-state index contributed by atoms with van der Waals surface area (Å²) in [5.41, 5.74) is 0.809. The standard InChI is InChI=1S/C25H23NO5/c1-14(22(27)15-7-3-2-4-8-15)31-25(30)18-9-5-6-10-19(18)26-23(28)20-16-11-12-17(13-16)21(20)24(26)29/h2-10,14,16-17,20-21H,11-13H2,1H3/t14-,16-,17-,20+,21+/m0/s1. The molecule has 31 heavy (non-hydrogen) atoms. The van der Waals surface area contributed by atoms with Crippen molar-refractivity contribution in [1.29, 1.82) is 0 Å². The summed E-state index contributed by atoms with van der Waals surface area (Å²) in [6, 6.07) is 15.1. The van der Waals surface area contributed by atoms with Gasteiger partial charge >= 0.3 is 5.97 Å². The first kappa shape index (κ1) is 19.7. The number of benzene rings is 2. The fraction of sp³-hybridized carbons (Fsp3) is 0.360. The van der Waals surface area contributed by atoms with Crippen molar-refractivity contribution >= 4 is 29.3 Å². The summed E-state index contributed by atoms with van der Waals surface area (Å²) in [4.78, 5) is 53.1. The third-order valence-corrected chi connectivity index (χ3v) is 7.00. The van der Waals surface area contributed by atoms with Crippen molar-refractivity contribution in [3.8, 4) is 0 Å². The van der Waals surface area contributed by atoms with Crippen molar-refractivity contribution in [3.63, 3.8) is 0 Å². The van der Waals surface area contributed by atoms with Gasteiger partial charge in [-0.1, -0.05) is 42.5 Å². The van der Waals surface area contributed by atoms with Gasteiger partial charge in [-0.15, -0.1) is 0 Å². The van der Waals surface area contributed by atoms with Gasteiger partial charge in [0.25, 0.3) is 0 Å². The quantitative estimate of drug-likeness (QED) is 0.421. The maximum atomic E-state index is 13.2. The Kier molecular flexibility index (Phi) is 4.73. The molecule has 5 rings (SSSR count). The van der Waals surface area contributed by atoms with Crippen LogP contribution in [-0.4, -0.2) is 29.7 Å². The normalized spacial score (nSPS) is 27.3. The summed E-state index contributed by atoms with van der Waals surface area (Å²) in [7, 11) is 0. The molecule has 5 atom stereocenters. The van der Waals surface area contributed by atoms with Gasteiger partial charge in [0.05, 0.1) is 23.1 Å². The Bertz CT molecular complexity index is 1050. The van der Waals surface area contributed by atoms with E-state index < -0.39 is 12.1 Å². The number of Topliss-reactive ketones (excluding diaryl/α,β-unsaturated/α-hetero) is 1. The highest BCUT2D eigenvalue weighted by Gasteiger charge is 2.61. The zero-order chi connectivity index (χ0) is 21.7. The van der Waals surface area contributed by atoms with Crippen LogP contribution in [0.5, 0.6) is 0 Å². The lowest BCUT2D eigenvalue weighted by Crippen LogP contribution is -2.34. The van der Waals surface area contributed by atoms with Gasteiger partial charge in [-0.2, -0.15) is 0 Å². The van der Waals surface area contributed by atoms with Gasteiger partial charge in [-0.3, -0.25) is 14.4 Å². The third kappa shape index (κ3) is 3.09. The number of anilines is 1. The Morgan fingerprint density at radius 3 is 2.13 bits per heavy atom. The van der Waals surface area contributed by atoms with E-state index >= 15 is 0 Å². The van der Waals surface area contributed by atoms with Crippen molar-refractivity contribution in [3.05, 3.63) is 65.7 Å². The highest BCUT2D eigenvalue weighted by Crippen LogP contribution is 2.56. The molecular formula is C25H23NO5. The molecule has 3 aliphatic rings. The third-order valence-electron chi connectivity index (χ3n) is 7.00. The number of ether oxygens (including phenoxy) is 1. The number of imide groups is 1. The number of carbonyl (C=O) groups is 4. The Hall–Kier alpha value is -3.28. The van der Waals surface area contributed by atoms with E-state index in [1.165, 1.54) is 17.9 Å². The molecule has 6 nitrogen and oxygen atoms in total. The van der Waals surface area contributed by atoms with Crippen molar-refractivity contribution < 1.29 is 23.9 Å². The van der Waals surface area contributed by atoms with Crippen LogP contribution in [0.1, 0.15) is 46.9 Å². The number of hydrogen-bond donors (Lipinski definition) is 0. The largest absolute Gasteiger partial charge is 0.451 e. The van der Waals surface area contributed by atoms with Gasteiger partial charge in [-0.05, 0) is 50.2 Å². The fourth-order valence-electron chi connectivity index (χ4n) is 5.60.